The van der Waals surface area contributed by atoms with E-state index in [1.54, 1.807) is 0 Å². The molecule has 0 rings (SSSR count). The minimum Gasteiger partial charge on any atom is -0.246 e. The number of hydrazine groups is 1. The van der Waals surface area contributed by atoms with Crippen LogP contribution < -0.4 is 11.4 Å². The SMILES string of the molecule is C=NNN. The molecule has 0 aromatic carbocycles. The van der Waals surface area contributed by atoms with Gasteiger partial charge in [0.15, 0.2) is 0 Å². The molecule has 3 heteroatoms. The summed E-state index contributed by atoms with van der Waals surface area (Å²) in [6.07, 6.45) is 0. The molecule has 4 heavy (non-hydrogen) atoms. The third kappa shape index (κ3) is 1.43. The summed E-state index contributed by atoms with van der Waals surface area (Å²) < 4.78 is 0. The number of nitrogens with one attached hydrogen (secondary N) is 1. The molecular weight excluding hydrogens is 54.0 g/mol. The maximum Gasteiger partial charge on any atom is 0.0120 e. The fraction of sp³-hybridized carbons (Fsp3) is 0. The van der Waals surface area contributed by atoms with Crippen LogP contribution in [0.5, 0.6) is 0 Å². The second-order valence-electron chi connectivity index (χ2n) is 0.287. The van der Waals surface area contributed by atoms with Gasteiger partial charge in [0.25, 0.3) is 0 Å². The Morgan fingerprint density at radius 2 is 2.25 bits per heavy atom. The standard InChI is InChI=1S/CH5N3/c1-3-4-2/h4H,1-2H2. The summed E-state index contributed by atoms with van der Waals surface area (Å²) in [5.41, 5.74) is 1.94. The van der Waals surface area contributed by atoms with E-state index in [-0.39, 0.29) is 0 Å². The molecular formula is CH5N3. The zero-order valence-electron chi connectivity index (χ0n) is 2.23. The average molecular weight is 59.1 g/mol. The number of hydrogen-bond acceptors (Lipinski definition) is 3. The summed E-state index contributed by atoms with van der Waals surface area (Å²) in [6, 6.07) is 0. The van der Waals surface area contributed by atoms with Gasteiger partial charge in [0.1, 0.15) is 0 Å². The highest BCUT2D eigenvalue weighted by Gasteiger charge is 1.31. The van der Waals surface area contributed by atoms with Crippen molar-refractivity contribution in [3.8, 4) is 0 Å². The highest BCUT2D eigenvalue weighted by Crippen LogP contribution is 1.20. The van der Waals surface area contributed by atoms with Crippen molar-refractivity contribution in [3.05, 3.63) is 0 Å². The van der Waals surface area contributed by atoms with Crippen LogP contribution in [0, 0.1) is 0 Å². The van der Waals surface area contributed by atoms with Crippen LogP contribution in [0.15, 0.2) is 5.10 Å². The molecule has 0 radical (unpaired) electrons. The van der Waals surface area contributed by atoms with Crippen LogP contribution in [0.4, 0.5) is 0 Å². The summed E-state index contributed by atoms with van der Waals surface area (Å²) in [7, 11) is 0. The minimum absolute atomic E-state index is 1.94. The van der Waals surface area contributed by atoms with Crippen molar-refractivity contribution < 1.29 is 0 Å². The maximum absolute atomic E-state index is 4.55. The molecule has 0 fully saturated rings. The van der Waals surface area contributed by atoms with Gasteiger partial charge in [-0.05, 0) is 0 Å². The van der Waals surface area contributed by atoms with Gasteiger partial charge in [-0.15, -0.1) is 0 Å². The summed E-state index contributed by atoms with van der Waals surface area (Å²) in [4.78, 5) is 0. The molecule has 0 aromatic rings. The molecule has 0 heterocycles. The fourth-order valence-corrected chi connectivity index (χ4v) is 0. The van der Waals surface area contributed by atoms with Gasteiger partial charge in [-0.3, -0.25) is 0 Å². The van der Waals surface area contributed by atoms with E-state index in [9.17, 15) is 0 Å². The first-order chi connectivity index (χ1) is 1.91. The number of nitrogens with zero attached hydrogens (tertiary/aromatic N) is 1. The van der Waals surface area contributed by atoms with Crippen LogP contribution in [0.3, 0.4) is 0 Å². The molecule has 0 aliphatic carbocycles. The zero-order valence-corrected chi connectivity index (χ0v) is 2.23. The quantitative estimate of drug-likeness (QED) is 0.233. The molecule has 0 atom stereocenters. The monoisotopic (exact) mass is 59.0 g/mol. The highest BCUT2D eigenvalue weighted by molar-refractivity contribution is 5.21. The van der Waals surface area contributed by atoms with E-state index >= 15 is 0 Å². The Kier molecular flexibility index (Phi) is 2.08. The van der Waals surface area contributed by atoms with E-state index in [0.717, 1.165) is 0 Å². The summed E-state index contributed by atoms with van der Waals surface area (Å²) in [5.74, 6) is 4.55. The zero-order chi connectivity index (χ0) is 3.41. The summed E-state index contributed by atoms with van der Waals surface area (Å²) in [6.45, 7) is 2.99. The third-order valence-electron chi connectivity index (χ3n) is 0.0913. The first-order valence-electron chi connectivity index (χ1n) is 0.829. The van der Waals surface area contributed by atoms with Crippen molar-refractivity contribution >= 4 is 6.72 Å². The first-order valence-corrected chi connectivity index (χ1v) is 0.829. The molecule has 0 aliphatic rings. The van der Waals surface area contributed by atoms with Crippen molar-refractivity contribution in [1.29, 1.82) is 0 Å². The van der Waals surface area contributed by atoms with Gasteiger partial charge in [-0.25, -0.2) is 11.4 Å². The van der Waals surface area contributed by atoms with Crippen LogP contribution in [-0.4, -0.2) is 6.72 Å². The predicted octanol–water partition coefficient (Wildman–Crippen LogP) is -0.935. The van der Waals surface area contributed by atoms with E-state index < -0.39 is 0 Å². The minimum atomic E-state index is 1.94. The Labute approximate surface area is 24.5 Å². The lowest BCUT2D eigenvalue weighted by Crippen LogP contribution is -2.11. The topological polar surface area (TPSA) is 50.4 Å². The van der Waals surface area contributed by atoms with E-state index in [1.165, 1.54) is 0 Å². The van der Waals surface area contributed by atoms with Crippen LogP contribution in [0.25, 0.3) is 0 Å². The fourth-order valence-electron chi connectivity index (χ4n) is 0. The van der Waals surface area contributed by atoms with Crippen LogP contribution in [0.2, 0.25) is 0 Å². The second kappa shape index (κ2) is 2.43. The molecule has 0 bridgehead atoms. The predicted molar refractivity (Wildman–Crippen MR) is 16.9 cm³/mol. The Morgan fingerprint density at radius 3 is 2.25 bits per heavy atom. The lowest BCUT2D eigenvalue weighted by atomic mass is 11.7. The smallest absolute Gasteiger partial charge is 0.0120 e. The molecule has 0 aliphatic heterocycles. The number of nitrogens with two attached hydrogens (primary N) is 1. The molecule has 0 saturated heterocycles. The number of hydrazone groups is 1. The van der Waals surface area contributed by atoms with Gasteiger partial charge >= 0.3 is 0 Å². The van der Waals surface area contributed by atoms with Crippen molar-refractivity contribution in [3.63, 3.8) is 0 Å². The van der Waals surface area contributed by atoms with E-state index in [4.69, 9.17) is 0 Å². The molecule has 3 N–H and O–H groups in total. The molecule has 0 spiro atoms. The molecule has 0 amide bonds. The third-order valence-corrected chi connectivity index (χ3v) is 0.0913. The van der Waals surface area contributed by atoms with Crippen LogP contribution in [0.1, 0.15) is 0 Å². The number of rotatable bonds is 1. The molecule has 0 saturated carbocycles. The largest absolute Gasteiger partial charge is 0.246 e. The lowest BCUT2D eigenvalue weighted by molar-refractivity contribution is 0.814. The average Bonchev–Trinajstić information content (AvgIpc) is 1.37. The van der Waals surface area contributed by atoms with Gasteiger partial charge in [-0.2, -0.15) is 5.10 Å². The highest BCUT2D eigenvalue weighted by atomic mass is 15.5. The van der Waals surface area contributed by atoms with Gasteiger partial charge < -0.3 is 0 Å². The lowest BCUT2D eigenvalue weighted by Gasteiger charge is -1.72. The van der Waals surface area contributed by atoms with E-state index in [2.05, 4.69) is 17.7 Å². The van der Waals surface area contributed by atoms with Crippen LogP contribution >= 0.6 is 0 Å². The van der Waals surface area contributed by atoms with E-state index in [1.807, 2.05) is 5.53 Å². The Balaban J connectivity index is 2.30. The first kappa shape index (κ1) is 3.43. The van der Waals surface area contributed by atoms with Gasteiger partial charge in [0.05, 0.1) is 0 Å². The maximum atomic E-state index is 4.55. The second-order valence-corrected chi connectivity index (χ2v) is 0.287. The van der Waals surface area contributed by atoms with Crippen molar-refractivity contribution in [2.75, 3.05) is 0 Å². The molecule has 0 unspecified atom stereocenters. The van der Waals surface area contributed by atoms with Crippen molar-refractivity contribution in [1.82, 2.24) is 5.53 Å². The normalized spacial score (nSPS) is 5.25. The number of hydrogen-bond donors (Lipinski definition) is 2. The Hall–Kier alpha value is -0.570. The summed E-state index contributed by atoms with van der Waals surface area (Å²) in [5, 5.41) is 3.01. The van der Waals surface area contributed by atoms with Gasteiger partial charge in [-0.1, -0.05) is 0 Å². The van der Waals surface area contributed by atoms with E-state index in [0.29, 0.717) is 0 Å². The van der Waals surface area contributed by atoms with Crippen molar-refractivity contribution in [2.45, 2.75) is 0 Å². The Bertz CT molecular complexity index is 17.2. The molecule has 24 valence electrons. The Morgan fingerprint density at radius 1 is 2.00 bits per heavy atom. The van der Waals surface area contributed by atoms with Gasteiger partial charge in [0, 0.05) is 6.72 Å². The molecule has 3 nitrogen and oxygen atoms in total. The van der Waals surface area contributed by atoms with Gasteiger partial charge in [0.2, 0.25) is 0 Å². The summed E-state index contributed by atoms with van der Waals surface area (Å²) >= 11 is 0. The molecule has 0 aromatic heterocycles. The van der Waals surface area contributed by atoms with Crippen LogP contribution in [-0.2, 0) is 0 Å². The van der Waals surface area contributed by atoms with Crippen molar-refractivity contribution in [2.24, 2.45) is 10.9 Å².